The summed E-state index contributed by atoms with van der Waals surface area (Å²) in [6.07, 6.45) is 1.24. The van der Waals surface area contributed by atoms with E-state index in [0.29, 0.717) is 12.8 Å². The molecule has 4 N–H and O–H groups in total. The molecule has 0 fully saturated rings. The van der Waals surface area contributed by atoms with Crippen LogP contribution in [-0.2, 0) is 4.79 Å². The zero-order valence-electron chi connectivity index (χ0n) is 10.1. The highest BCUT2D eigenvalue weighted by atomic mass is 19.1. The number of amides is 1. The molecule has 1 amide bonds. The van der Waals surface area contributed by atoms with Crippen LogP contribution in [0.3, 0.4) is 0 Å². The van der Waals surface area contributed by atoms with Gasteiger partial charge in [-0.3, -0.25) is 4.79 Å². The first-order chi connectivity index (χ1) is 8.91. The van der Waals surface area contributed by atoms with Crippen LogP contribution in [0.1, 0.15) is 29.6 Å². The molecule has 104 valence electrons. The highest BCUT2D eigenvalue weighted by molar-refractivity contribution is 5.88. The highest BCUT2D eigenvalue weighted by Crippen LogP contribution is 2.21. The number of benzene rings is 1. The molecule has 0 unspecified atom stereocenters. The van der Waals surface area contributed by atoms with Gasteiger partial charge in [0.2, 0.25) is 5.91 Å². The lowest BCUT2D eigenvalue weighted by atomic mass is 10.1. The molecule has 0 radical (unpaired) electrons. The van der Waals surface area contributed by atoms with Crippen LogP contribution in [0.15, 0.2) is 12.1 Å². The number of primary amides is 1. The summed E-state index contributed by atoms with van der Waals surface area (Å²) in [6, 6.07) is 1.49. The monoisotopic (exact) mass is 272 g/mol. The van der Waals surface area contributed by atoms with Gasteiger partial charge in [-0.25, -0.2) is 13.6 Å². The van der Waals surface area contributed by atoms with Crippen molar-refractivity contribution < 1.29 is 23.5 Å². The van der Waals surface area contributed by atoms with Crippen molar-refractivity contribution in [2.75, 3.05) is 11.9 Å². The van der Waals surface area contributed by atoms with Crippen LogP contribution in [0.25, 0.3) is 0 Å². The van der Waals surface area contributed by atoms with Crippen LogP contribution in [0, 0.1) is 11.6 Å². The van der Waals surface area contributed by atoms with Crippen molar-refractivity contribution in [3.8, 4) is 0 Å². The minimum absolute atomic E-state index is 0.213. The Morgan fingerprint density at radius 3 is 2.26 bits per heavy atom. The smallest absolute Gasteiger partial charge is 0.335 e. The van der Waals surface area contributed by atoms with Crippen molar-refractivity contribution in [2.24, 2.45) is 5.73 Å². The Morgan fingerprint density at radius 1 is 1.21 bits per heavy atom. The Bertz CT molecular complexity index is 469. The molecule has 0 saturated carbocycles. The third kappa shape index (κ3) is 4.53. The van der Waals surface area contributed by atoms with E-state index in [1.54, 1.807) is 0 Å². The molecule has 0 bridgehead atoms. The van der Waals surface area contributed by atoms with Gasteiger partial charge in [-0.2, -0.15) is 0 Å². The van der Waals surface area contributed by atoms with Crippen molar-refractivity contribution in [1.29, 1.82) is 0 Å². The number of carbonyl (C=O) groups is 2. The molecular weight excluding hydrogens is 258 g/mol. The summed E-state index contributed by atoms with van der Waals surface area (Å²) in [6.45, 7) is 0.257. The van der Waals surface area contributed by atoms with Gasteiger partial charge in [-0.05, 0) is 25.0 Å². The molecule has 7 heteroatoms. The molecule has 1 aromatic rings. The predicted octanol–water partition coefficient (Wildman–Crippen LogP) is 1.73. The Balaban J connectivity index is 2.59. The number of carboxylic acids is 1. The Kier molecular flexibility index (Phi) is 5.23. The maximum Gasteiger partial charge on any atom is 0.335 e. The number of halogens is 2. The molecule has 0 heterocycles. The number of carboxylic acid groups (broad SMARTS) is 1. The van der Waals surface area contributed by atoms with Gasteiger partial charge in [0, 0.05) is 13.0 Å². The van der Waals surface area contributed by atoms with E-state index >= 15 is 0 Å². The average Bonchev–Trinajstić information content (AvgIpc) is 2.30. The maximum atomic E-state index is 13.5. The van der Waals surface area contributed by atoms with Crippen molar-refractivity contribution in [1.82, 2.24) is 0 Å². The Morgan fingerprint density at radius 2 is 1.79 bits per heavy atom. The van der Waals surface area contributed by atoms with E-state index in [-0.39, 0.29) is 18.7 Å². The first kappa shape index (κ1) is 14.9. The second kappa shape index (κ2) is 6.67. The topological polar surface area (TPSA) is 92.4 Å². The van der Waals surface area contributed by atoms with E-state index in [9.17, 15) is 18.4 Å². The normalized spacial score (nSPS) is 10.2. The summed E-state index contributed by atoms with van der Waals surface area (Å²) in [5, 5.41) is 11.2. The number of anilines is 1. The first-order valence-corrected chi connectivity index (χ1v) is 5.66. The molecule has 0 aliphatic rings. The fourth-order valence-corrected chi connectivity index (χ4v) is 1.50. The minimum Gasteiger partial charge on any atom is -0.478 e. The van der Waals surface area contributed by atoms with Crippen molar-refractivity contribution in [3.05, 3.63) is 29.3 Å². The summed E-state index contributed by atoms with van der Waals surface area (Å²) in [4.78, 5) is 21.1. The van der Waals surface area contributed by atoms with Gasteiger partial charge in [-0.15, -0.1) is 0 Å². The fraction of sp³-hybridized carbons (Fsp3) is 0.333. The largest absolute Gasteiger partial charge is 0.478 e. The van der Waals surface area contributed by atoms with Gasteiger partial charge in [-0.1, -0.05) is 0 Å². The lowest BCUT2D eigenvalue weighted by Crippen LogP contribution is -2.12. The van der Waals surface area contributed by atoms with E-state index in [1.165, 1.54) is 0 Å². The van der Waals surface area contributed by atoms with Gasteiger partial charge in [0.1, 0.15) is 17.3 Å². The fourth-order valence-electron chi connectivity index (χ4n) is 1.50. The van der Waals surface area contributed by atoms with Gasteiger partial charge >= 0.3 is 5.97 Å². The third-order valence-electron chi connectivity index (χ3n) is 2.44. The summed E-state index contributed by atoms with van der Waals surface area (Å²) in [7, 11) is 0. The standard InChI is InChI=1S/C12H14F2N2O3/c13-8-5-7(12(18)19)6-9(14)11(8)16-4-2-1-3-10(15)17/h5-6,16H,1-4H2,(H2,15,17)(H,18,19). The zero-order chi connectivity index (χ0) is 14.4. The number of hydrogen-bond donors (Lipinski definition) is 3. The van der Waals surface area contributed by atoms with Gasteiger partial charge in [0.05, 0.1) is 5.56 Å². The molecule has 1 rings (SSSR count). The van der Waals surface area contributed by atoms with Crippen LogP contribution < -0.4 is 11.1 Å². The Labute approximate surface area is 108 Å². The van der Waals surface area contributed by atoms with Crippen LogP contribution in [0.5, 0.6) is 0 Å². The molecule has 0 aliphatic heterocycles. The second-order valence-electron chi connectivity index (χ2n) is 3.97. The third-order valence-corrected chi connectivity index (χ3v) is 2.44. The molecule has 1 aromatic carbocycles. The van der Waals surface area contributed by atoms with Gasteiger partial charge < -0.3 is 16.2 Å². The molecule has 0 saturated heterocycles. The number of nitrogens with one attached hydrogen (secondary N) is 1. The molecule has 0 atom stereocenters. The number of aromatic carboxylic acids is 1. The number of carbonyl (C=O) groups excluding carboxylic acids is 1. The van der Waals surface area contributed by atoms with Gasteiger partial charge in [0.15, 0.2) is 0 Å². The average molecular weight is 272 g/mol. The van der Waals surface area contributed by atoms with E-state index < -0.39 is 29.1 Å². The van der Waals surface area contributed by atoms with Crippen LogP contribution in [0.2, 0.25) is 0 Å². The number of hydrogen-bond acceptors (Lipinski definition) is 3. The van der Waals surface area contributed by atoms with Gasteiger partial charge in [0.25, 0.3) is 0 Å². The quantitative estimate of drug-likeness (QED) is 0.659. The van der Waals surface area contributed by atoms with Crippen molar-refractivity contribution in [2.45, 2.75) is 19.3 Å². The summed E-state index contributed by atoms with van der Waals surface area (Å²) in [5.74, 6) is -3.76. The SMILES string of the molecule is NC(=O)CCCCNc1c(F)cc(C(=O)O)cc1F. The molecule has 5 nitrogen and oxygen atoms in total. The lowest BCUT2D eigenvalue weighted by Gasteiger charge is -2.09. The second-order valence-corrected chi connectivity index (χ2v) is 3.97. The van der Waals surface area contributed by atoms with Crippen molar-refractivity contribution >= 4 is 17.6 Å². The first-order valence-electron chi connectivity index (χ1n) is 5.66. The number of unbranched alkanes of at least 4 members (excludes halogenated alkanes) is 1. The van der Waals surface area contributed by atoms with Crippen LogP contribution in [0.4, 0.5) is 14.5 Å². The zero-order valence-corrected chi connectivity index (χ0v) is 10.1. The van der Waals surface area contributed by atoms with Crippen LogP contribution in [-0.4, -0.2) is 23.5 Å². The molecule has 19 heavy (non-hydrogen) atoms. The molecule has 0 aliphatic carbocycles. The van der Waals surface area contributed by atoms with E-state index in [2.05, 4.69) is 5.32 Å². The van der Waals surface area contributed by atoms with Crippen LogP contribution >= 0.6 is 0 Å². The Hall–Kier alpha value is -2.18. The lowest BCUT2D eigenvalue weighted by molar-refractivity contribution is -0.118. The highest BCUT2D eigenvalue weighted by Gasteiger charge is 2.14. The summed E-state index contributed by atoms with van der Waals surface area (Å²) in [5.41, 5.74) is 4.12. The molecule has 0 aromatic heterocycles. The molecular formula is C12H14F2N2O3. The van der Waals surface area contributed by atoms with E-state index in [4.69, 9.17) is 10.8 Å². The van der Waals surface area contributed by atoms with Crippen molar-refractivity contribution in [3.63, 3.8) is 0 Å². The predicted molar refractivity (Wildman–Crippen MR) is 64.9 cm³/mol. The maximum absolute atomic E-state index is 13.5. The number of nitrogens with two attached hydrogens (primary N) is 1. The minimum atomic E-state index is -1.40. The summed E-state index contributed by atoms with van der Waals surface area (Å²) < 4.78 is 26.9. The molecule has 0 spiro atoms. The van der Waals surface area contributed by atoms with E-state index in [0.717, 1.165) is 12.1 Å². The number of rotatable bonds is 7. The van der Waals surface area contributed by atoms with E-state index in [1.807, 2.05) is 0 Å². The summed E-state index contributed by atoms with van der Waals surface area (Å²) >= 11 is 0.